The van der Waals surface area contributed by atoms with Crippen LogP contribution in [0.1, 0.15) is 33.3 Å². The van der Waals surface area contributed by atoms with E-state index in [1.54, 1.807) is 13.0 Å². The van der Waals surface area contributed by atoms with Crippen molar-refractivity contribution in [3.63, 3.8) is 0 Å². The third-order valence-corrected chi connectivity index (χ3v) is 5.97. The Bertz CT molecular complexity index is 1160. The van der Waals surface area contributed by atoms with Gasteiger partial charge in [-0.3, -0.25) is 4.79 Å². The summed E-state index contributed by atoms with van der Waals surface area (Å²) in [5.74, 6) is 0.221. The largest absolute Gasteiger partial charge is 0.481 e. The van der Waals surface area contributed by atoms with Crippen LogP contribution in [0, 0.1) is 0 Å². The zero-order valence-electron chi connectivity index (χ0n) is 18.4. The van der Waals surface area contributed by atoms with Crippen LogP contribution in [0.25, 0.3) is 0 Å². The maximum atomic E-state index is 12.5. The van der Waals surface area contributed by atoms with Gasteiger partial charge in [0.05, 0.1) is 4.90 Å². The Balaban J connectivity index is 1.60. The summed E-state index contributed by atoms with van der Waals surface area (Å²) in [4.78, 5) is 20.2. The zero-order chi connectivity index (χ0) is 23.4. The Morgan fingerprint density at radius 1 is 0.969 bits per heavy atom. The first-order chi connectivity index (χ1) is 15.0. The molecule has 1 unspecified atom stereocenters. The fraction of sp³-hybridized carbons (Fsp3) is 0.261. The molecule has 2 N–H and O–H groups in total. The Morgan fingerprint density at radius 3 is 2.12 bits per heavy atom. The lowest BCUT2D eigenvalue weighted by molar-refractivity contribution is -0.122. The average Bonchev–Trinajstić information content (AvgIpc) is 2.74. The molecule has 1 atom stereocenters. The normalized spacial score (nSPS) is 12.6. The smallest absolute Gasteiger partial charge is 0.265 e. The highest BCUT2D eigenvalue weighted by Crippen LogP contribution is 2.25. The topological polar surface area (TPSA) is 110 Å². The number of rotatable bonds is 7. The van der Waals surface area contributed by atoms with Crippen molar-refractivity contribution < 1.29 is 17.9 Å². The van der Waals surface area contributed by atoms with E-state index < -0.39 is 16.1 Å². The Kier molecular flexibility index (Phi) is 6.78. The molecule has 168 valence electrons. The number of sulfonamides is 1. The molecule has 3 aromatic rings. The molecular formula is C23H26N4O4S. The van der Waals surface area contributed by atoms with Crippen molar-refractivity contribution in [1.82, 2.24) is 9.97 Å². The molecule has 1 amide bonds. The van der Waals surface area contributed by atoms with E-state index in [1.165, 1.54) is 42.2 Å². The minimum atomic E-state index is -3.84. The van der Waals surface area contributed by atoms with E-state index in [2.05, 4.69) is 40.8 Å². The SMILES string of the molecule is CC(Oc1ccc(C(C)(C)C)cc1)C(=O)Nc1ccc(S(=O)(=O)Nc2ncccn2)cc1. The maximum absolute atomic E-state index is 12.5. The summed E-state index contributed by atoms with van der Waals surface area (Å²) in [7, 11) is -3.84. The number of nitrogens with zero attached hydrogens (tertiary/aromatic N) is 2. The van der Waals surface area contributed by atoms with E-state index in [-0.39, 0.29) is 22.2 Å². The molecule has 1 aromatic heterocycles. The number of aromatic nitrogens is 2. The number of nitrogens with one attached hydrogen (secondary N) is 2. The maximum Gasteiger partial charge on any atom is 0.265 e. The van der Waals surface area contributed by atoms with Crippen LogP contribution in [-0.2, 0) is 20.2 Å². The van der Waals surface area contributed by atoms with E-state index in [9.17, 15) is 13.2 Å². The van der Waals surface area contributed by atoms with Gasteiger partial charge < -0.3 is 10.1 Å². The van der Waals surface area contributed by atoms with Crippen molar-refractivity contribution in [2.45, 2.75) is 44.1 Å². The molecule has 0 saturated heterocycles. The number of carbonyl (C=O) groups excluding carboxylic acids is 1. The van der Waals surface area contributed by atoms with Crippen molar-refractivity contribution in [1.29, 1.82) is 0 Å². The number of benzene rings is 2. The van der Waals surface area contributed by atoms with Crippen LogP contribution in [0.3, 0.4) is 0 Å². The number of hydrogen-bond acceptors (Lipinski definition) is 6. The standard InChI is InChI=1S/C23H26N4O4S/c1-16(31-19-10-6-17(7-11-19)23(2,3)4)21(28)26-18-8-12-20(13-9-18)32(29,30)27-22-24-14-5-15-25-22/h5-16H,1-4H3,(H,26,28)(H,24,25,27). The number of carbonyl (C=O) groups is 1. The number of ether oxygens (including phenoxy) is 1. The lowest BCUT2D eigenvalue weighted by Gasteiger charge is -2.20. The number of anilines is 2. The molecule has 32 heavy (non-hydrogen) atoms. The Morgan fingerprint density at radius 2 is 1.56 bits per heavy atom. The second-order valence-electron chi connectivity index (χ2n) is 8.23. The number of hydrogen-bond donors (Lipinski definition) is 2. The highest BCUT2D eigenvalue weighted by molar-refractivity contribution is 7.92. The first kappa shape index (κ1) is 23.2. The van der Waals surface area contributed by atoms with Crippen LogP contribution in [0.15, 0.2) is 71.9 Å². The summed E-state index contributed by atoms with van der Waals surface area (Å²) < 4.78 is 32.9. The van der Waals surface area contributed by atoms with Gasteiger partial charge in [-0.2, -0.15) is 0 Å². The first-order valence-corrected chi connectivity index (χ1v) is 11.5. The molecule has 0 fully saturated rings. The molecule has 1 heterocycles. The van der Waals surface area contributed by atoms with E-state index in [1.807, 2.05) is 24.3 Å². The predicted molar refractivity (Wildman–Crippen MR) is 123 cm³/mol. The van der Waals surface area contributed by atoms with Crippen molar-refractivity contribution in [3.05, 3.63) is 72.6 Å². The number of amides is 1. The van der Waals surface area contributed by atoms with Gasteiger partial charge in [-0.15, -0.1) is 0 Å². The molecule has 0 saturated carbocycles. The summed E-state index contributed by atoms with van der Waals surface area (Å²) in [5, 5.41) is 2.72. The van der Waals surface area contributed by atoms with Gasteiger partial charge in [0.15, 0.2) is 6.10 Å². The Labute approximate surface area is 188 Å². The van der Waals surface area contributed by atoms with E-state index in [0.717, 1.165) is 0 Å². The molecule has 0 aliphatic carbocycles. The first-order valence-electron chi connectivity index (χ1n) is 10.0. The second-order valence-corrected chi connectivity index (χ2v) is 9.91. The van der Waals surface area contributed by atoms with E-state index in [0.29, 0.717) is 11.4 Å². The van der Waals surface area contributed by atoms with Crippen molar-refractivity contribution in [2.24, 2.45) is 0 Å². The predicted octanol–water partition coefficient (Wildman–Crippen LogP) is 3.98. The minimum absolute atomic E-state index is 0.0196. The summed E-state index contributed by atoms with van der Waals surface area (Å²) in [6, 6.07) is 15.0. The van der Waals surface area contributed by atoms with Crippen LogP contribution in [0.2, 0.25) is 0 Å². The van der Waals surface area contributed by atoms with Crippen LogP contribution >= 0.6 is 0 Å². The third-order valence-electron chi connectivity index (χ3n) is 4.63. The van der Waals surface area contributed by atoms with Gasteiger partial charge in [0.25, 0.3) is 15.9 Å². The van der Waals surface area contributed by atoms with Gasteiger partial charge in [-0.25, -0.2) is 23.1 Å². The van der Waals surface area contributed by atoms with Crippen molar-refractivity contribution in [2.75, 3.05) is 10.0 Å². The Hall–Kier alpha value is -3.46. The minimum Gasteiger partial charge on any atom is -0.481 e. The summed E-state index contributed by atoms with van der Waals surface area (Å²) in [6.07, 6.45) is 2.13. The molecule has 0 spiro atoms. The molecule has 0 radical (unpaired) electrons. The van der Waals surface area contributed by atoms with Gasteiger partial charge in [-0.05, 0) is 60.4 Å². The monoisotopic (exact) mass is 454 g/mol. The molecule has 0 aliphatic rings. The molecule has 3 rings (SSSR count). The van der Waals surface area contributed by atoms with Gasteiger partial charge >= 0.3 is 0 Å². The van der Waals surface area contributed by atoms with Crippen LogP contribution in [0.5, 0.6) is 5.75 Å². The highest BCUT2D eigenvalue weighted by atomic mass is 32.2. The van der Waals surface area contributed by atoms with Crippen molar-refractivity contribution in [3.8, 4) is 5.75 Å². The molecule has 8 nitrogen and oxygen atoms in total. The second kappa shape index (κ2) is 9.35. The molecule has 0 aliphatic heterocycles. The summed E-state index contributed by atoms with van der Waals surface area (Å²) in [6.45, 7) is 8.03. The molecule has 2 aromatic carbocycles. The van der Waals surface area contributed by atoms with Gasteiger partial charge in [0, 0.05) is 18.1 Å². The third kappa shape index (κ3) is 6.04. The summed E-state index contributed by atoms with van der Waals surface area (Å²) in [5.41, 5.74) is 1.65. The quantitative estimate of drug-likeness (QED) is 0.559. The fourth-order valence-corrected chi connectivity index (χ4v) is 3.74. The van der Waals surface area contributed by atoms with E-state index >= 15 is 0 Å². The molecular weight excluding hydrogens is 428 g/mol. The highest BCUT2D eigenvalue weighted by Gasteiger charge is 2.18. The molecule has 9 heteroatoms. The van der Waals surface area contributed by atoms with Crippen LogP contribution in [-0.4, -0.2) is 30.4 Å². The van der Waals surface area contributed by atoms with Gasteiger partial charge in [0.1, 0.15) is 5.75 Å². The summed E-state index contributed by atoms with van der Waals surface area (Å²) >= 11 is 0. The fourth-order valence-electron chi connectivity index (χ4n) is 2.78. The zero-order valence-corrected chi connectivity index (χ0v) is 19.2. The molecule has 0 bridgehead atoms. The van der Waals surface area contributed by atoms with Crippen LogP contribution in [0.4, 0.5) is 11.6 Å². The van der Waals surface area contributed by atoms with Crippen LogP contribution < -0.4 is 14.8 Å². The van der Waals surface area contributed by atoms with Gasteiger partial charge in [-0.1, -0.05) is 32.9 Å². The average molecular weight is 455 g/mol. The van der Waals surface area contributed by atoms with Crippen molar-refractivity contribution >= 4 is 27.6 Å². The lowest BCUT2D eigenvalue weighted by Crippen LogP contribution is -2.30. The lowest BCUT2D eigenvalue weighted by atomic mass is 9.87. The van der Waals surface area contributed by atoms with E-state index in [4.69, 9.17) is 4.74 Å². The van der Waals surface area contributed by atoms with Gasteiger partial charge in [0.2, 0.25) is 5.95 Å².